The van der Waals surface area contributed by atoms with Crippen molar-refractivity contribution in [2.75, 3.05) is 13.6 Å². The molecule has 0 spiro atoms. The van der Waals surface area contributed by atoms with E-state index in [1.54, 1.807) is 0 Å². The van der Waals surface area contributed by atoms with Crippen LogP contribution >= 0.6 is 0 Å². The lowest BCUT2D eigenvalue weighted by molar-refractivity contribution is 0.464. The van der Waals surface area contributed by atoms with Gasteiger partial charge in [0.15, 0.2) is 0 Å². The van der Waals surface area contributed by atoms with Gasteiger partial charge in [0, 0.05) is 19.5 Å². The summed E-state index contributed by atoms with van der Waals surface area (Å²) in [4.78, 5) is 2.13. The van der Waals surface area contributed by atoms with E-state index in [-0.39, 0.29) is 0 Å². The normalized spacial score (nSPS) is 16.1. The maximum Gasteiger partial charge on any atom is 0.0986 e. The number of likely N-dealkylation sites (N-methyl/N-ethyl adjacent to an activating group) is 1. The van der Waals surface area contributed by atoms with E-state index in [0.717, 1.165) is 18.8 Å². The van der Waals surface area contributed by atoms with Crippen LogP contribution in [0.25, 0.3) is 0 Å². The fraction of sp³-hybridized carbons (Fsp3) is 0.533. The first kappa shape index (κ1) is 12.2. The molecule has 0 aromatic heterocycles. The molecule has 0 aliphatic heterocycles. The predicted octanol–water partition coefficient (Wildman–Crippen LogP) is 3.33. The van der Waals surface area contributed by atoms with Crippen LogP contribution in [-0.2, 0) is 6.42 Å². The maximum absolute atomic E-state index is 8.18. The van der Waals surface area contributed by atoms with Crippen LogP contribution in [0, 0.1) is 11.3 Å². The van der Waals surface area contributed by atoms with Gasteiger partial charge in [-0.3, -0.25) is 5.41 Å². The van der Waals surface area contributed by atoms with Gasteiger partial charge in [-0.05, 0) is 24.8 Å². The van der Waals surface area contributed by atoms with Gasteiger partial charge in [-0.25, -0.2) is 0 Å². The molecular formula is C15H22N2. The molecule has 2 nitrogen and oxygen atoms in total. The molecule has 1 fully saturated rings. The molecule has 1 N–H and O–H groups in total. The quantitative estimate of drug-likeness (QED) is 0.623. The minimum atomic E-state index is 0.524. The van der Waals surface area contributed by atoms with Crippen molar-refractivity contribution < 1.29 is 0 Å². The largest absolute Gasteiger partial charge is 0.363 e. The fourth-order valence-corrected chi connectivity index (χ4v) is 2.57. The second-order valence-electron chi connectivity index (χ2n) is 5.02. The molecule has 0 saturated heterocycles. The van der Waals surface area contributed by atoms with Crippen molar-refractivity contribution >= 4 is 5.84 Å². The molecule has 17 heavy (non-hydrogen) atoms. The Morgan fingerprint density at radius 2 is 1.88 bits per heavy atom. The highest BCUT2D eigenvalue weighted by Crippen LogP contribution is 2.26. The predicted molar refractivity (Wildman–Crippen MR) is 72.5 cm³/mol. The van der Waals surface area contributed by atoms with E-state index in [2.05, 4.69) is 36.2 Å². The average molecular weight is 230 g/mol. The summed E-state index contributed by atoms with van der Waals surface area (Å²) in [5, 5.41) is 8.18. The molecule has 92 valence electrons. The SMILES string of the molecule is CN(CCc1ccccc1)C(=N)C1CCCC1. The highest BCUT2D eigenvalue weighted by atomic mass is 15.1. The van der Waals surface area contributed by atoms with E-state index in [9.17, 15) is 0 Å². The summed E-state index contributed by atoms with van der Waals surface area (Å²) >= 11 is 0. The first-order chi connectivity index (χ1) is 8.27. The highest BCUT2D eigenvalue weighted by Gasteiger charge is 2.21. The summed E-state index contributed by atoms with van der Waals surface area (Å²) < 4.78 is 0. The standard InChI is InChI=1S/C15H22N2/c1-17(15(16)14-9-5-6-10-14)12-11-13-7-3-2-4-8-13/h2-4,7-8,14,16H,5-6,9-12H2,1H3. The molecule has 0 heterocycles. The molecule has 1 aromatic carbocycles. The molecule has 1 aliphatic carbocycles. The Bertz CT molecular complexity index is 352. The number of hydrogen-bond donors (Lipinski definition) is 1. The van der Waals surface area contributed by atoms with Crippen LogP contribution in [0.1, 0.15) is 31.2 Å². The number of rotatable bonds is 4. The highest BCUT2D eigenvalue weighted by molar-refractivity contribution is 5.81. The number of nitrogens with zero attached hydrogens (tertiary/aromatic N) is 1. The van der Waals surface area contributed by atoms with E-state index in [1.807, 2.05) is 6.07 Å². The second kappa shape index (κ2) is 5.85. The number of amidine groups is 1. The van der Waals surface area contributed by atoms with Crippen LogP contribution in [0.4, 0.5) is 0 Å². The van der Waals surface area contributed by atoms with Crippen molar-refractivity contribution in [1.29, 1.82) is 5.41 Å². The van der Waals surface area contributed by atoms with Crippen LogP contribution in [-0.4, -0.2) is 24.3 Å². The third kappa shape index (κ3) is 3.32. The molecule has 0 atom stereocenters. The third-order valence-corrected chi connectivity index (χ3v) is 3.73. The van der Waals surface area contributed by atoms with E-state index in [1.165, 1.54) is 31.2 Å². The van der Waals surface area contributed by atoms with Crippen molar-refractivity contribution in [3.63, 3.8) is 0 Å². The zero-order chi connectivity index (χ0) is 12.1. The second-order valence-corrected chi connectivity index (χ2v) is 5.02. The molecule has 2 rings (SSSR count). The Hall–Kier alpha value is -1.31. The summed E-state index contributed by atoms with van der Waals surface area (Å²) in [6.07, 6.45) is 6.08. The summed E-state index contributed by atoms with van der Waals surface area (Å²) in [5.74, 6) is 1.37. The maximum atomic E-state index is 8.18. The number of benzene rings is 1. The average Bonchev–Trinajstić information content (AvgIpc) is 2.90. The zero-order valence-corrected chi connectivity index (χ0v) is 10.7. The monoisotopic (exact) mass is 230 g/mol. The molecule has 2 heteroatoms. The van der Waals surface area contributed by atoms with Crippen LogP contribution in [0.5, 0.6) is 0 Å². The van der Waals surface area contributed by atoms with Gasteiger partial charge >= 0.3 is 0 Å². The van der Waals surface area contributed by atoms with Crippen molar-refractivity contribution in [2.24, 2.45) is 5.92 Å². The topological polar surface area (TPSA) is 27.1 Å². The van der Waals surface area contributed by atoms with Gasteiger partial charge in [0.1, 0.15) is 0 Å². The Morgan fingerprint density at radius 1 is 1.24 bits per heavy atom. The lowest BCUT2D eigenvalue weighted by atomic mass is 10.1. The first-order valence-electron chi connectivity index (χ1n) is 6.61. The minimum Gasteiger partial charge on any atom is -0.363 e. The van der Waals surface area contributed by atoms with Crippen molar-refractivity contribution in [1.82, 2.24) is 4.90 Å². The zero-order valence-electron chi connectivity index (χ0n) is 10.7. The van der Waals surface area contributed by atoms with Crippen LogP contribution in [0.15, 0.2) is 30.3 Å². The number of hydrogen-bond acceptors (Lipinski definition) is 1. The Labute approximate surface area is 104 Å². The van der Waals surface area contributed by atoms with Gasteiger partial charge in [-0.1, -0.05) is 43.2 Å². The molecule has 0 bridgehead atoms. The number of nitrogens with one attached hydrogen (secondary N) is 1. The van der Waals surface area contributed by atoms with Crippen LogP contribution < -0.4 is 0 Å². The minimum absolute atomic E-state index is 0.524. The molecule has 0 unspecified atom stereocenters. The van der Waals surface area contributed by atoms with Crippen molar-refractivity contribution in [3.8, 4) is 0 Å². The van der Waals surface area contributed by atoms with Gasteiger partial charge in [0.05, 0.1) is 5.84 Å². The van der Waals surface area contributed by atoms with Gasteiger partial charge in [-0.15, -0.1) is 0 Å². The Kier molecular flexibility index (Phi) is 4.18. The summed E-state index contributed by atoms with van der Waals surface area (Å²) in [7, 11) is 2.06. The lowest BCUT2D eigenvalue weighted by Crippen LogP contribution is -2.32. The van der Waals surface area contributed by atoms with E-state index >= 15 is 0 Å². The summed E-state index contributed by atoms with van der Waals surface area (Å²) in [6.45, 7) is 0.958. The Morgan fingerprint density at radius 3 is 2.53 bits per heavy atom. The van der Waals surface area contributed by atoms with Gasteiger partial charge < -0.3 is 4.90 Å². The molecule has 0 amide bonds. The Balaban J connectivity index is 1.80. The van der Waals surface area contributed by atoms with Gasteiger partial charge in [0.25, 0.3) is 0 Å². The fourth-order valence-electron chi connectivity index (χ4n) is 2.57. The summed E-state index contributed by atoms with van der Waals surface area (Å²) in [5.41, 5.74) is 1.36. The molecule has 0 radical (unpaired) electrons. The first-order valence-corrected chi connectivity index (χ1v) is 6.61. The van der Waals surface area contributed by atoms with E-state index in [0.29, 0.717) is 5.92 Å². The van der Waals surface area contributed by atoms with Gasteiger partial charge in [-0.2, -0.15) is 0 Å². The molecule has 1 aromatic rings. The van der Waals surface area contributed by atoms with Crippen molar-refractivity contribution in [2.45, 2.75) is 32.1 Å². The smallest absolute Gasteiger partial charge is 0.0986 e. The molecular weight excluding hydrogens is 208 g/mol. The summed E-state index contributed by atoms with van der Waals surface area (Å²) in [6, 6.07) is 10.5. The lowest BCUT2D eigenvalue weighted by Gasteiger charge is -2.24. The van der Waals surface area contributed by atoms with E-state index < -0.39 is 0 Å². The van der Waals surface area contributed by atoms with Crippen LogP contribution in [0.3, 0.4) is 0 Å². The van der Waals surface area contributed by atoms with E-state index in [4.69, 9.17) is 5.41 Å². The molecule has 1 aliphatic rings. The molecule has 1 saturated carbocycles. The van der Waals surface area contributed by atoms with Crippen LogP contribution in [0.2, 0.25) is 0 Å². The third-order valence-electron chi connectivity index (χ3n) is 3.73. The van der Waals surface area contributed by atoms with Crippen molar-refractivity contribution in [3.05, 3.63) is 35.9 Å². The van der Waals surface area contributed by atoms with Gasteiger partial charge in [0.2, 0.25) is 0 Å².